The second-order valence-corrected chi connectivity index (χ2v) is 5.58. The van der Waals surface area contributed by atoms with Crippen LogP contribution in [-0.2, 0) is 9.59 Å². The Morgan fingerprint density at radius 3 is 2.42 bits per heavy atom. The molecule has 0 radical (unpaired) electrons. The third kappa shape index (κ3) is 6.08. The Morgan fingerprint density at radius 2 is 1.84 bits per heavy atom. The first kappa shape index (κ1) is 16.0. The number of carbonyl (C=O) groups excluding carboxylic acids is 1. The van der Waals surface area contributed by atoms with Gasteiger partial charge in [0.2, 0.25) is 5.91 Å². The van der Waals surface area contributed by atoms with Gasteiger partial charge in [-0.05, 0) is 19.3 Å². The molecule has 0 aromatic carbocycles. The lowest BCUT2D eigenvalue weighted by atomic mass is 9.88. The van der Waals surface area contributed by atoms with Crippen LogP contribution in [0.2, 0.25) is 0 Å². The zero-order valence-corrected chi connectivity index (χ0v) is 12.0. The SMILES string of the molecule is CCCCCC[C@@H](NC(=O)C1CCCCC1)C(=O)O. The maximum absolute atomic E-state index is 12.0. The number of carbonyl (C=O) groups is 2. The summed E-state index contributed by atoms with van der Waals surface area (Å²) in [6, 6.07) is -0.703. The van der Waals surface area contributed by atoms with Gasteiger partial charge in [-0.15, -0.1) is 0 Å². The van der Waals surface area contributed by atoms with Gasteiger partial charge in [0, 0.05) is 5.92 Å². The lowest BCUT2D eigenvalue weighted by Crippen LogP contribution is -2.44. The number of amides is 1. The van der Waals surface area contributed by atoms with Gasteiger partial charge in [-0.3, -0.25) is 4.79 Å². The van der Waals surface area contributed by atoms with Gasteiger partial charge in [0.05, 0.1) is 0 Å². The van der Waals surface area contributed by atoms with Crippen molar-refractivity contribution < 1.29 is 14.7 Å². The third-order valence-corrected chi connectivity index (χ3v) is 3.94. The standard InChI is InChI=1S/C15H27NO3/c1-2-3-4-8-11-13(15(18)19)16-14(17)12-9-6-5-7-10-12/h12-13H,2-11H2,1H3,(H,16,17)(H,18,19)/t13-/m1/s1. The van der Waals surface area contributed by atoms with Crippen LogP contribution in [0.4, 0.5) is 0 Å². The van der Waals surface area contributed by atoms with E-state index in [9.17, 15) is 9.59 Å². The first-order valence-electron chi connectivity index (χ1n) is 7.68. The number of nitrogens with one attached hydrogen (secondary N) is 1. The average Bonchev–Trinajstić information content (AvgIpc) is 2.42. The van der Waals surface area contributed by atoms with E-state index in [0.717, 1.165) is 51.4 Å². The van der Waals surface area contributed by atoms with Crippen LogP contribution < -0.4 is 5.32 Å². The Bertz CT molecular complexity index is 285. The van der Waals surface area contributed by atoms with Crippen LogP contribution >= 0.6 is 0 Å². The van der Waals surface area contributed by atoms with Gasteiger partial charge in [0.25, 0.3) is 0 Å². The van der Waals surface area contributed by atoms with Crippen LogP contribution in [-0.4, -0.2) is 23.0 Å². The highest BCUT2D eigenvalue weighted by Crippen LogP contribution is 2.23. The number of rotatable bonds is 8. The third-order valence-electron chi connectivity index (χ3n) is 3.94. The molecule has 4 nitrogen and oxygen atoms in total. The summed E-state index contributed by atoms with van der Waals surface area (Å²) in [5.74, 6) is -0.922. The molecule has 0 saturated heterocycles. The summed E-state index contributed by atoms with van der Waals surface area (Å²) in [4.78, 5) is 23.2. The zero-order valence-electron chi connectivity index (χ0n) is 12.0. The van der Waals surface area contributed by atoms with Gasteiger partial charge in [0.15, 0.2) is 0 Å². The molecular weight excluding hydrogens is 242 g/mol. The largest absolute Gasteiger partial charge is 0.480 e. The molecular formula is C15H27NO3. The van der Waals surface area contributed by atoms with E-state index in [2.05, 4.69) is 12.2 Å². The van der Waals surface area contributed by atoms with Crippen molar-refractivity contribution in [3.8, 4) is 0 Å². The number of aliphatic carboxylic acids is 1. The summed E-state index contributed by atoms with van der Waals surface area (Å²) >= 11 is 0. The molecule has 1 fully saturated rings. The smallest absolute Gasteiger partial charge is 0.326 e. The minimum absolute atomic E-state index is 0.0336. The minimum atomic E-state index is -0.902. The molecule has 0 heterocycles. The van der Waals surface area contributed by atoms with Gasteiger partial charge in [-0.1, -0.05) is 51.9 Å². The molecule has 1 rings (SSSR count). The molecule has 0 aromatic heterocycles. The highest BCUT2D eigenvalue weighted by atomic mass is 16.4. The van der Waals surface area contributed by atoms with E-state index in [-0.39, 0.29) is 11.8 Å². The average molecular weight is 269 g/mol. The Hall–Kier alpha value is -1.06. The van der Waals surface area contributed by atoms with Crippen molar-refractivity contribution >= 4 is 11.9 Å². The molecule has 0 aromatic rings. The van der Waals surface area contributed by atoms with E-state index in [1.807, 2.05) is 0 Å². The summed E-state index contributed by atoms with van der Waals surface area (Å²) in [5, 5.41) is 11.9. The molecule has 110 valence electrons. The second kappa shape index (κ2) is 8.94. The minimum Gasteiger partial charge on any atom is -0.480 e. The van der Waals surface area contributed by atoms with E-state index in [4.69, 9.17) is 5.11 Å². The van der Waals surface area contributed by atoms with Gasteiger partial charge >= 0.3 is 5.97 Å². The highest BCUT2D eigenvalue weighted by Gasteiger charge is 2.25. The summed E-state index contributed by atoms with van der Waals surface area (Å²) in [7, 11) is 0. The normalized spacial score (nSPS) is 17.9. The van der Waals surface area contributed by atoms with Crippen LogP contribution in [0.3, 0.4) is 0 Å². The Kier molecular flexibility index (Phi) is 7.53. The molecule has 0 spiro atoms. The first-order valence-corrected chi connectivity index (χ1v) is 7.68. The fourth-order valence-corrected chi connectivity index (χ4v) is 2.69. The number of unbranched alkanes of at least 4 members (excludes halogenated alkanes) is 3. The van der Waals surface area contributed by atoms with Crippen LogP contribution in [0.25, 0.3) is 0 Å². The molecule has 0 aliphatic heterocycles. The molecule has 4 heteroatoms. The second-order valence-electron chi connectivity index (χ2n) is 5.58. The quantitative estimate of drug-likeness (QED) is 0.665. The molecule has 1 amide bonds. The van der Waals surface area contributed by atoms with E-state index in [1.54, 1.807) is 0 Å². The van der Waals surface area contributed by atoms with Crippen LogP contribution in [0, 0.1) is 5.92 Å². The highest BCUT2D eigenvalue weighted by molar-refractivity contribution is 5.84. The maximum Gasteiger partial charge on any atom is 0.326 e. The Morgan fingerprint density at radius 1 is 1.16 bits per heavy atom. The van der Waals surface area contributed by atoms with Crippen molar-refractivity contribution in [3.05, 3.63) is 0 Å². The van der Waals surface area contributed by atoms with E-state index in [1.165, 1.54) is 6.42 Å². The van der Waals surface area contributed by atoms with Crippen LogP contribution in [0.15, 0.2) is 0 Å². The molecule has 2 N–H and O–H groups in total. The van der Waals surface area contributed by atoms with Crippen molar-refractivity contribution in [1.29, 1.82) is 0 Å². The fourth-order valence-electron chi connectivity index (χ4n) is 2.69. The zero-order chi connectivity index (χ0) is 14.1. The van der Waals surface area contributed by atoms with E-state index < -0.39 is 12.0 Å². The van der Waals surface area contributed by atoms with Crippen LogP contribution in [0.1, 0.15) is 71.1 Å². The lowest BCUT2D eigenvalue weighted by molar-refractivity contribution is -0.142. The molecule has 0 unspecified atom stereocenters. The molecule has 1 aliphatic carbocycles. The predicted octanol–water partition coefficient (Wildman–Crippen LogP) is 3.11. The molecule has 1 saturated carbocycles. The Balaban J connectivity index is 2.34. The first-order chi connectivity index (χ1) is 9.15. The van der Waals surface area contributed by atoms with Gasteiger partial charge in [-0.25, -0.2) is 4.79 Å². The molecule has 1 aliphatic rings. The molecule has 1 atom stereocenters. The topological polar surface area (TPSA) is 66.4 Å². The van der Waals surface area contributed by atoms with Crippen molar-refractivity contribution in [3.63, 3.8) is 0 Å². The number of carboxylic acids is 1. The number of hydrogen-bond donors (Lipinski definition) is 2. The number of hydrogen-bond acceptors (Lipinski definition) is 2. The predicted molar refractivity (Wildman–Crippen MR) is 74.9 cm³/mol. The van der Waals surface area contributed by atoms with Crippen molar-refractivity contribution in [2.24, 2.45) is 5.92 Å². The summed E-state index contributed by atoms with van der Waals surface area (Å²) < 4.78 is 0. The van der Waals surface area contributed by atoms with Crippen molar-refractivity contribution in [2.75, 3.05) is 0 Å². The Labute approximate surface area is 116 Å². The summed E-state index contributed by atoms with van der Waals surface area (Å²) in [6.07, 6.45) is 9.92. The van der Waals surface area contributed by atoms with E-state index >= 15 is 0 Å². The fraction of sp³-hybridized carbons (Fsp3) is 0.867. The number of carboxylic acid groups (broad SMARTS) is 1. The van der Waals surface area contributed by atoms with Crippen molar-refractivity contribution in [1.82, 2.24) is 5.32 Å². The molecule has 0 bridgehead atoms. The van der Waals surface area contributed by atoms with E-state index in [0.29, 0.717) is 6.42 Å². The van der Waals surface area contributed by atoms with Gasteiger partial charge < -0.3 is 10.4 Å². The maximum atomic E-state index is 12.0. The summed E-state index contributed by atoms with van der Waals surface area (Å²) in [5.41, 5.74) is 0. The monoisotopic (exact) mass is 269 g/mol. The molecule has 19 heavy (non-hydrogen) atoms. The van der Waals surface area contributed by atoms with Crippen molar-refractivity contribution in [2.45, 2.75) is 77.2 Å². The van der Waals surface area contributed by atoms with Gasteiger partial charge in [0.1, 0.15) is 6.04 Å². The lowest BCUT2D eigenvalue weighted by Gasteiger charge is -2.23. The van der Waals surface area contributed by atoms with Crippen LogP contribution in [0.5, 0.6) is 0 Å². The summed E-state index contributed by atoms with van der Waals surface area (Å²) in [6.45, 7) is 2.12. The van der Waals surface area contributed by atoms with Gasteiger partial charge in [-0.2, -0.15) is 0 Å².